The largest absolute Gasteiger partial charge is 0.349 e. The molecule has 5 rings (SSSR count). The highest BCUT2D eigenvalue weighted by Crippen LogP contribution is 2.68. The van der Waals surface area contributed by atoms with Gasteiger partial charge in [-0.1, -0.05) is 19.9 Å². The first-order valence-electron chi connectivity index (χ1n) is 11.4. The van der Waals surface area contributed by atoms with E-state index in [4.69, 9.17) is 0 Å². The summed E-state index contributed by atoms with van der Waals surface area (Å²) >= 11 is 0. The SMILES string of the molecule is CN(C)C(=O)C1CCN(C(=O)[C@]23CC[C@H](c4cc(-c5c(F)cccc5F)nnc42)C3(C)C)C1. The average molecular weight is 455 g/mol. The molecule has 3 atom stereocenters. The van der Waals surface area contributed by atoms with E-state index in [-0.39, 0.29) is 34.9 Å². The molecule has 2 bridgehead atoms. The molecule has 0 N–H and O–H groups in total. The lowest BCUT2D eigenvalue weighted by Crippen LogP contribution is -2.51. The molecule has 2 fully saturated rings. The van der Waals surface area contributed by atoms with Gasteiger partial charge in [0.1, 0.15) is 11.6 Å². The summed E-state index contributed by atoms with van der Waals surface area (Å²) in [7, 11) is 3.46. The van der Waals surface area contributed by atoms with E-state index in [1.807, 2.05) is 0 Å². The number of benzene rings is 1. The fraction of sp³-hybridized carbons (Fsp3) is 0.520. The number of carbonyl (C=O) groups excluding carboxylic acids is 2. The van der Waals surface area contributed by atoms with Gasteiger partial charge in [-0.2, -0.15) is 5.10 Å². The molecule has 174 valence electrons. The summed E-state index contributed by atoms with van der Waals surface area (Å²) in [6.45, 7) is 5.09. The van der Waals surface area contributed by atoms with Gasteiger partial charge in [0.25, 0.3) is 0 Å². The molecule has 2 aromatic rings. The molecule has 1 saturated heterocycles. The predicted octanol–water partition coefficient (Wildman–Crippen LogP) is 3.51. The molecular formula is C25H28F2N4O2. The Labute approximate surface area is 192 Å². The minimum atomic E-state index is -0.845. The number of halogens is 2. The minimum Gasteiger partial charge on any atom is -0.349 e. The van der Waals surface area contributed by atoms with Gasteiger partial charge in [0.15, 0.2) is 0 Å². The van der Waals surface area contributed by atoms with Gasteiger partial charge >= 0.3 is 0 Å². The maximum Gasteiger partial charge on any atom is 0.235 e. The molecule has 8 heteroatoms. The normalized spacial score (nSPS) is 27.0. The number of hydrogen-bond acceptors (Lipinski definition) is 4. The fourth-order valence-electron chi connectivity index (χ4n) is 6.44. The van der Waals surface area contributed by atoms with Crippen molar-refractivity contribution in [3.63, 3.8) is 0 Å². The van der Waals surface area contributed by atoms with E-state index in [1.165, 1.54) is 18.2 Å². The van der Waals surface area contributed by atoms with Gasteiger partial charge in [0, 0.05) is 27.2 Å². The van der Waals surface area contributed by atoms with Crippen molar-refractivity contribution in [2.45, 2.75) is 44.4 Å². The van der Waals surface area contributed by atoms with Crippen LogP contribution in [0.3, 0.4) is 0 Å². The topological polar surface area (TPSA) is 66.4 Å². The van der Waals surface area contributed by atoms with E-state index in [0.29, 0.717) is 31.6 Å². The second-order valence-corrected chi connectivity index (χ2v) is 10.3. The molecule has 1 unspecified atom stereocenters. The molecule has 1 saturated carbocycles. The molecule has 1 aromatic heterocycles. The highest BCUT2D eigenvalue weighted by atomic mass is 19.1. The van der Waals surface area contributed by atoms with Crippen LogP contribution in [0.5, 0.6) is 0 Å². The van der Waals surface area contributed by atoms with E-state index in [0.717, 1.165) is 12.0 Å². The van der Waals surface area contributed by atoms with Crippen molar-refractivity contribution in [1.29, 1.82) is 0 Å². The first-order valence-corrected chi connectivity index (χ1v) is 11.4. The number of carbonyl (C=O) groups is 2. The summed E-state index contributed by atoms with van der Waals surface area (Å²) in [6.07, 6.45) is 2.10. The van der Waals surface area contributed by atoms with Crippen LogP contribution in [0.1, 0.15) is 50.3 Å². The quantitative estimate of drug-likeness (QED) is 0.712. The van der Waals surface area contributed by atoms with Gasteiger partial charge < -0.3 is 9.80 Å². The van der Waals surface area contributed by atoms with Gasteiger partial charge in [0.05, 0.1) is 28.3 Å². The van der Waals surface area contributed by atoms with Crippen molar-refractivity contribution in [1.82, 2.24) is 20.0 Å². The number of rotatable bonds is 3. The Morgan fingerprint density at radius 3 is 2.48 bits per heavy atom. The van der Waals surface area contributed by atoms with Crippen LogP contribution in [0, 0.1) is 23.0 Å². The third-order valence-electron chi connectivity index (χ3n) is 8.23. The second kappa shape index (κ2) is 7.30. The minimum absolute atomic E-state index is 0.0121. The third kappa shape index (κ3) is 2.88. The van der Waals surface area contributed by atoms with Gasteiger partial charge in [0.2, 0.25) is 11.8 Å². The number of fused-ring (bicyclic) bond motifs is 5. The first-order chi connectivity index (χ1) is 15.6. The highest BCUT2D eigenvalue weighted by Gasteiger charge is 2.68. The van der Waals surface area contributed by atoms with Crippen LogP contribution in [0.4, 0.5) is 8.78 Å². The zero-order valence-corrected chi connectivity index (χ0v) is 19.4. The summed E-state index contributed by atoms with van der Waals surface area (Å²) in [5, 5.41) is 8.62. The van der Waals surface area contributed by atoms with E-state index in [2.05, 4.69) is 24.0 Å². The Kier molecular flexibility index (Phi) is 4.85. The molecule has 3 aliphatic rings. The zero-order valence-electron chi connectivity index (χ0n) is 19.4. The highest BCUT2D eigenvalue weighted by molar-refractivity contribution is 5.92. The van der Waals surface area contributed by atoms with Crippen LogP contribution >= 0.6 is 0 Å². The lowest BCUT2D eigenvalue weighted by Gasteiger charge is -2.39. The van der Waals surface area contributed by atoms with Crippen LogP contribution in [0.2, 0.25) is 0 Å². The second-order valence-electron chi connectivity index (χ2n) is 10.3. The van der Waals surface area contributed by atoms with Crippen molar-refractivity contribution in [3.8, 4) is 11.3 Å². The predicted molar refractivity (Wildman–Crippen MR) is 118 cm³/mol. The first kappa shape index (κ1) is 21.9. The summed E-state index contributed by atoms with van der Waals surface area (Å²) < 4.78 is 28.8. The van der Waals surface area contributed by atoms with Crippen molar-refractivity contribution in [3.05, 3.63) is 47.2 Å². The van der Waals surface area contributed by atoms with Gasteiger partial charge in [-0.25, -0.2) is 8.78 Å². The number of aromatic nitrogens is 2. The van der Waals surface area contributed by atoms with Crippen LogP contribution in [0.15, 0.2) is 24.3 Å². The number of amides is 2. The number of nitrogens with zero attached hydrogens (tertiary/aromatic N) is 4. The summed E-state index contributed by atoms with van der Waals surface area (Å²) in [5.41, 5.74) is 0.162. The Balaban J connectivity index is 1.54. The molecule has 2 amide bonds. The van der Waals surface area contributed by atoms with Gasteiger partial charge in [-0.15, -0.1) is 5.10 Å². The van der Waals surface area contributed by atoms with E-state index >= 15 is 0 Å². The van der Waals surface area contributed by atoms with Crippen molar-refractivity contribution < 1.29 is 18.4 Å². The molecule has 0 radical (unpaired) electrons. The lowest BCUT2D eigenvalue weighted by molar-refractivity contribution is -0.140. The van der Waals surface area contributed by atoms with Gasteiger partial charge in [-0.3, -0.25) is 9.59 Å². The van der Waals surface area contributed by atoms with Crippen LogP contribution in [-0.4, -0.2) is 59.0 Å². The van der Waals surface area contributed by atoms with Crippen LogP contribution < -0.4 is 0 Å². The Hall–Kier alpha value is -2.90. The van der Waals surface area contributed by atoms with E-state index in [1.54, 1.807) is 30.0 Å². The lowest BCUT2D eigenvalue weighted by atomic mass is 9.67. The molecule has 2 heterocycles. The Morgan fingerprint density at radius 1 is 1.12 bits per heavy atom. The summed E-state index contributed by atoms with van der Waals surface area (Å²) in [6, 6.07) is 5.44. The monoisotopic (exact) mass is 454 g/mol. The fourth-order valence-corrected chi connectivity index (χ4v) is 6.44. The maximum atomic E-state index is 14.4. The van der Waals surface area contributed by atoms with Crippen molar-refractivity contribution in [2.75, 3.05) is 27.2 Å². The smallest absolute Gasteiger partial charge is 0.235 e. The standard InChI is InChI=1S/C25H28F2N4O2/c1-24(2)16-8-10-25(24,23(33)31-11-9-14(13-31)22(32)30(3)4)21-15(16)12-19(28-29-21)20-17(26)6-5-7-18(20)27/h5-7,12,14,16H,8-11,13H2,1-4H3/t14?,16-,25+/m1/s1. The molecule has 33 heavy (non-hydrogen) atoms. The Bertz CT molecular complexity index is 1140. The average Bonchev–Trinajstić information content (AvgIpc) is 3.41. The zero-order chi connectivity index (χ0) is 23.7. The molecule has 0 spiro atoms. The van der Waals surface area contributed by atoms with E-state index < -0.39 is 22.5 Å². The van der Waals surface area contributed by atoms with Crippen molar-refractivity contribution in [2.24, 2.45) is 11.3 Å². The van der Waals surface area contributed by atoms with Crippen LogP contribution in [0.25, 0.3) is 11.3 Å². The third-order valence-corrected chi connectivity index (χ3v) is 8.23. The number of hydrogen-bond donors (Lipinski definition) is 0. The molecule has 2 aliphatic carbocycles. The van der Waals surface area contributed by atoms with Gasteiger partial charge in [-0.05, 0) is 54.4 Å². The van der Waals surface area contributed by atoms with Crippen LogP contribution in [-0.2, 0) is 15.0 Å². The Morgan fingerprint density at radius 2 is 1.82 bits per heavy atom. The molecule has 6 nitrogen and oxygen atoms in total. The molecule has 1 aromatic carbocycles. The molecular weight excluding hydrogens is 426 g/mol. The van der Waals surface area contributed by atoms with Crippen molar-refractivity contribution >= 4 is 11.8 Å². The maximum absolute atomic E-state index is 14.4. The van der Waals surface area contributed by atoms with E-state index in [9.17, 15) is 18.4 Å². The molecule has 1 aliphatic heterocycles. The number of likely N-dealkylation sites (tertiary alicyclic amines) is 1. The summed E-state index contributed by atoms with van der Waals surface area (Å²) in [5.74, 6) is -1.50. The summed E-state index contributed by atoms with van der Waals surface area (Å²) in [4.78, 5) is 29.8.